The maximum Gasteiger partial charge on any atom is 0.324 e. The topological polar surface area (TPSA) is 181 Å². The first-order valence-corrected chi connectivity index (χ1v) is 9.28. The molecule has 0 amide bonds. The van der Waals surface area contributed by atoms with Gasteiger partial charge in [-0.1, -0.05) is 5.16 Å². The number of aromatic nitrogens is 2. The molecule has 0 aromatic carbocycles. The number of aliphatic hydroxyl groups excluding tert-OH is 1. The van der Waals surface area contributed by atoms with Crippen molar-refractivity contribution in [2.24, 2.45) is 5.73 Å². The molecule has 6 N–H and O–H groups in total. The number of hydrogen-bond donors (Lipinski definition) is 5. The second kappa shape index (κ2) is 8.56. The molecule has 1 aromatic rings. The zero-order valence-corrected chi connectivity index (χ0v) is 14.1. The summed E-state index contributed by atoms with van der Waals surface area (Å²) < 4.78 is 32.2. The molecular weight excluding hydrogens is 350 g/mol. The van der Waals surface area contributed by atoms with Crippen LogP contribution in [0, 0.1) is 0 Å². The number of nitrogens with one attached hydrogen (secondary N) is 2. The number of nitrogens with zero attached hydrogens (tertiary/aromatic N) is 2. The van der Waals surface area contributed by atoms with E-state index >= 15 is 0 Å². The van der Waals surface area contributed by atoms with Gasteiger partial charge in [0.1, 0.15) is 6.04 Å². The summed E-state index contributed by atoms with van der Waals surface area (Å²) in [7, 11) is -4.19. The van der Waals surface area contributed by atoms with Gasteiger partial charge in [-0.25, -0.2) is 0 Å². The van der Waals surface area contributed by atoms with E-state index in [1.54, 1.807) is 4.72 Å². The molecule has 3 unspecified atom stereocenters. The monoisotopic (exact) mass is 369 g/mol. The number of rotatable bonds is 10. The molecule has 1 heterocycles. The van der Waals surface area contributed by atoms with Gasteiger partial charge >= 0.3 is 5.97 Å². The van der Waals surface area contributed by atoms with Crippen LogP contribution in [-0.4, -0.2) is 58.9 Å². The predicted octanol–water partition coefficient (Wildman–Crippen LogP) is -1.81. The summed E-state index contributed by atoms with van der Waals surface area (Å²) in [6.07, 6.45) is 0.449. The molecule has 1 aromatic heterocycles. The van der Waals surface area contributed by atoms with Crippen LogP contribution in [0.5, 0.6) is 0 Å². The summed E-state index contributed by atoms with van der Waals surface area (Å²) in [5.41, 5.74) is 5.78. The first-order chi connectivity index (χ1) is 10.7. The number of thioether (sulfide) groups is 1. The van der Waals surface area contributed by atoms with Crippen LogP contribution in [0.1, 0.15) is 24.7 Å². The van der Waals surface area contributed by atoms with Crippen molar-refractivity contribution < 1.29 is 27.9 Å². The van der Waals surface area contributed by atoms with Gasteiger partial charge in [0.2, 0.25) is 5.89 Å². The van der Waals surface area contributed by atoms with Crippen molar-refractivity contribution >= 4 is 27.9 Å². The van der Waals surface area contributed by atoms with Crippen LogP contribution in [0.15, 0.2) is 4.52 Å². The molecule has 132 valence electrons. The molecule has 0 spiro atoms. The molecule has 3 atom stereocenters. The van der Waals surface area contributed by atoms with Crippen LogP contribution in [0.4, 0.5) is 0 Å². The molecule has 0 bridgehead atoms. The van der Waals surface area contributed by atoms with E-state index in [2.05, 4.69) is 10.1 Å². The number of nitrogens with two attached hydrogens (primary N) is 1. The van der Waals surface area contributed by atoms with E-state index in [0.717, 1.165) is 6.92 Å². The van der Waals surface area contributed by atoms with Gasteiger partial charge in [-0.3, -0.25) is 4.79 Å². The maximum absolute atomic E-state index is 11.8. The summed E-state index contributed by atoms with van der Waals surface area (Å²) >= 11 is 1.50. The third kappa shape index (κ3) is 6.40. The minimum absolute atomic E-state index is 0.0224. The van der Waals surface area contributed by atoms with Gasteiger partial charge in [0, 0.05) is 5.75 Å². The Hall–Kier alpha value is -1.25. The molecule has 0 radical (unpaired) electrons. The molecule has 0 saturated carbocycles. The van der Waals surface area contributed by atoms with E-state index in [-0.39, 0.29) is 18.3 Å². The molecule has 11 nitrogen and oxygen atoms in total. The molecule has 0 saturated heterocycles. The smallest absolute Gasteiger partial charge is 0.324 e. The Balaban J connectivity index is 2.64. The average molecular weight is 369 g/mol. The first kappa shape index (κ1) is 19.8. The van der Waals surface area contributed by atoms with Gasteiger partial charge in [-0.15, -0.1) is 0 Å². The van der Waals surface area contributed by atoms with Crippen molar-refractivity contribution in [2.75, 3.05) is 12.0 Å². The third-order valence-corrected chi connectivity index (χ3v) is 4.39. The highest BCUT2D eigenvalue weighted by Gasteiger charge is 2.28. The standard InChI is InChI=1S/C10H19N5O6S2/c1-5(16)8(10(17)18)15-23(19,20)12-3-7-13-9(14-21-7)6(11)4-22-2/h5-6,8,12,15-16H,3-4,11H2,1-2H3,(H,17,18). The Morgan fingerprint density at radius 1 is 1.52 bits per heavy atom. The van der Waals surface area contributed by atoms with Gasteiger partial charge < -0.3 is 20.5 Å². The molecule has 0 aliphatic heterocycles. The van der Waals surface area contributed by atoms with Crippen LogP contribution in [-0.2, 0) is 21.5 Å². The molecule has 0 aliphatic rings. The number of carboxylic acids is 1. The SMILES string of the molecule is CSCC(N)c1noc(CNS(=O)(=O)NC(C(=O)O)C(C)O)n1. The van der Waals surface area contributed by atoms with Gasteiger partial charge in [0.15, 0.2) is 5.82 Å². The fourth-order valence-corrected chi connectivity index (χ4v) is 3.00. The minimum atomic E-state index is -4.19. The third-order valence-electron chi connectivity index (χ3n) is 2.61. The Kier molecular flexibility index (Phi) is 7.37. The zero-order chi connectivity index (χ0) is 17.6. The van der Waals surface area contributed by atoms with Crippen molar-refractivity contribution in [2.45, 2.75) is 31.7 Å². The highest BCUT2D eigenvalue weighted by Crippen LogP contribution is 2.11. The van der Waals surface area contributed by atoms with Crippen molar-refractivity contribution in [3.8, 4) is 0 Å². The number of carboxylic acid groups (broad SMARTS) is 1. The second-order valence-electron chi connectivity index (χ2n) is 4.61. The lowest BCUT2D eigenvalue weighted by atomic mass is 10.2. The average Bonchev–Trinajstić information content (AvgIpc) is 2.91. The van der Waals surface area contributed by atoms with Crippen LogP contribution in [0.3, 0.4) is 0 Å². The largest absolute Gasteiger partial charge is 0.480 e. The predicted molar refractivity (Wildman–Crippen MR) is 81.6 cm³/mol. The molecule has 0 aliphatic carbocycles. The summed E-state index contributed by atoms with van der Waals surface area (Å²) in [6.45, 7) is 0.805. The fraction of sp³-hybridized carbons (Fsp3) is 0.700. The summed E-state index contributed by atoms with van der Waals surface area (Å²) in [6, 6.07) is -2.12. The van der Waals surface area contributed by atoms with E-state index in [4.69, 9.17) is 15.4 Å². The Morgan fingerprint density at radius 2 is 2.17 bits per heavy atom. The normalized spacial score (nSPS) is 16.0. The van der Waals surface area contributed by atoms with E-state index < -0.39 is 34.4 Å². The zero-order valence-electron chi connectivity index (χ0n) is 12.5. The Morgan fingerprint density at radius 3 is 2.70 bits per heavy atom. The van der Waals surface area contributed by atoms with Crippen LogP contribution in [0.2, 0.25) is 0 Å². The van der Waals surface area contributed by atoms with Crippen LogP contribution >= 0.6 is 11.8 Å². The number of carbonyl (C=O) groups is 1. The van der Waals surface area contributed by atoms with Crippen molar-refractivity contribution in [1.82, 2.24) is 19.6 Å². The Labute approximate surface area is 137 Å². The lowest BCUT2D eigenvalue weighted by molar-refractivity contribution is -0.141. The summed E-state index contributed by atoms with van der Waals surface area (Å²) in [4.78, 5) is 14.8. The van der Waals surface area contributed by atoms with Gasteiger partial charge in [0.25, 0.3) is 10.2 Å². The summed E-state index contributed by atoms with van der Waals surface area (Å²) in [5, 5.41) is 21.7. The quantitative estimate of drug-likeness (QED) is 0.315. The molecule has 0 fully saturated rings. The number of aliphatic hydroxyl groups is 1. The van der Waals surface area contributed by atoms with Crippen molar-refractivity contribution in [3.63, 3.8) is 0 Å². The van der Waals surface area contributed by atoms with Gasteiger partial charge in [0.05, 0.1) is 18.7 Å². The second-order valence-corrected chi connectivity index (χ2v) is 7.05. The van der Waals surface area contributed by atoms with Crippen molar-refractivity contribution in [3.05, 3.63) is 11.7 Å². The van der Waals surface area contributed by atoms with Crippen molar-refractivity contribution in [1.29, 1.82) is 0 Å². The van der Waals surface area contributed by atoms with E-state index in [1.165, 1.54) is 11.8 Å². The van der Waals surface area contributed by atoms with Gasteiger partial charge in [-0.05, 0) is 13.2 Å². The van der Waals surface area contributed by atoms with E-state index in [1.807, 2.05) is 11.0 Å². The minimum Gasteiger partial charge on any atom is -0.480 e. The molecule has 13 heteroatoms. The number of aliphatic carboxylic acids is 1. The Bertz CT molecular complexity index is 619. The van der Waals surface area contributed by atoms with Crippen LogP contribution < -0.4 is 15.2 Å². The molecule has 23 heavy (non-hydrogen) atoms. The highest BCUT2D eigenvalue weighted by molar-refractivity contribution is 7.98. The lowest BCUT2D eigenvalue weighted by Crippen LogP contribution is -2.51. The lowest BCUT2D eigenvalue weighted by Gasteiger charge is -2.16. The van der Waals surface area contributed by atoms with E-state index in [9.17, 15) is 18.3 Å². The number of hydrogen-bond acceptors (Lipinski definition) is 9. The fourth-order valence-electron chi connectivity index (χ4n) is 1.47. The van der Waals surface area contributed by atoms with Gasteiger partial charge in [-0.2, -0.15) is 34.6 Å². The first-order valence-electron chi connectivity index (χ1n) is 6.41. The maximum atomic E-state index is 11.8. The van der Waals surface area contributed by atoms with E-state index in [0.29, 0.717) is 5.75 Å². The highest BCUT2D eigenvalue weighted by atomic mass is 32.2. The molecule has 1 rings (SSSR count). The van der Waals surface area contributed by atoms with Crippen LogP contribution in [0.25, 0.3) is 0 Å². The summed E-state index contributed by atoms with van der Waals surface area (Å²) in [5.74, 6) is -0.714. The molecular formula is C10H19N5O6S2.